The second kappa shape index (κ2) is 9.80. The molecule has 0 saturated heterocycles. The molecule has 0 atom stereocenters. The number of anilines is 1. The molecule has 4 N–H and O–H groups in total. The van der Waals surface area contributed by atoms with Crippen LogP contribution in [0, 0.1) is 0 Å². The van der Waals surface area contributed by atoms with Gasteiger partial charge in [0.05, 0.1) is 10.2 Å². The number of amides is 3. The van der Waals surface area contributed by atoms with E-state index in [2.05, 4.69) is 25.9 Å². The molecule has 3 rings (SSSR count). The Morgan fingerprint density at radius 2 is 2.00 bits per heavy atom. The van der Waals surface area contributed by atoms with Crippen LogP contribution in [-0.2, 0) is 0 Å². The zero-order valence-corrected chi connectivity index (χ0v) is 16.6. The number of aliphatic hydroxyl groups is 1. The van der Waals surface area contributed by atoms with E-state index < -0.39 is 0 Å². The van der Waals surface area contributed by atoms with E-state index in [-0.39, 0.29) is 24.2 Å². The van der Waals surface area contributed by atoms with Crippen molar-refractivity contribution in [2.24, 2.45) is 0 Å². The van der Waals surface area contributed by atoms with Crippen molar-refractivity contribution in [3.63, 3.8) is 0 Å². The van der Waals surface area contributed by atoms with E-state index in [1.807, 2.05) is 6.07 Å². The first-order valence-electron chi connectivity index (χ1n) is 9.01. The second-order valence-electron chi connectivity index (χ2n) is 6.02. The quantitative estimate of drug-likeness (QED) is 0.419. The summed E-state index contributed by atoms with van der Waals surface area (Å²) in [5.74, 6) is 0.775. The number of ether oxygens (including phenoxy) is 1. The topological polar surface area (TPSA) is 125 Å². The Bertz CT molecular complexity index is 1010. The predicted octanol–water partition coefficient (Wildman–Crippen LogP) is 2.74. The summed E-state index contributed by atoms with van der Waals surface area (Å²) in [5.41, 5.74) is 0.999. The average molecular weight is 415 g/mol. The molecule has 10 heteroatoms. The first-order chi connectivity index (χ1) is 14.1. The smallest absolute Gasteiger partial charge is 0.321 e. The SMILES string of the molecule is CNC(=O)c1cc(Oc2ccc3nc(NC(=O)NCCCCO)sc3c2)ccn1. The maximum Gasteiger partial charge on any atom is 0.321 e. The summed E-state index contributed by atoms with van der Waals surface area (Å²) < 4.78 is 6.67. The number of thiazole rings is 1. The standard InChI is InChI=1S/C19H21N5O4S/c1-20-17(26)15-10-13(6-8-21-15)28-12-4-5-14-16(11-12)29-19(23-14)24-18(27)22-7-2-3-9-25/h4-6,8,10-11,25H,2-3,7,9H2,1H3,(H,20,26)(H2,22,23,24,27). The molecule has 0 radical (unpaired) electrons. The van der Waals surface area contributed by atoms with Gasteiger partial charge in [-0.15, -0.1) is 0 Å². The van der Waals surface area contributed by atoms with Gasteiger partial charge in [-0.1, -0.05) is 11.3 Å². The van der Waals surface area contributed by atoms with Crippen molar-refractivity contribution in [3.05, 3.63) is 42.2 Å². The third-order valence-electron chi connectivity index (χ3n) is 3.88. The normalized spacial score (nSPS) is 10.6. The Hall–Kier alpha value is -3.24. The second-order valence-corrected chi connectivity index (χ2v) is 7.05. The number of nitrogens with one attached hydrogen (secondary N) is 3. The monoisotopic (exact) mass is 415 g/mol. The number of urea groups is 1. The Labute approximate surface area is 171 Å². The molecule has 2 heterocycles. The number of nitrogens with zero attached hydrogens (tertiary/aromatic N) is 2. The number of hydrogen-bond donors (Lipinski definition) is 4. The zero-order chi connectivity index (χ0) is 20.6. The van der Waals surface area contributed by atoms with E-state index in [9.17, 15) is 9.59 Å². The molecule has 0 fully saturated rings. The van der Waals surface area contributed by atoms with Crippen molar-refractivity contribution < 1.29 is 19.4 Å². The van der Waals surface area contributed by atoms with Crippen molar-refractivity contribution in [1.82, 2.24) is 20.6 Å². The Morgan fingerprint density at radius 1 is 1.17 bits per heavy atom. The molecule has 3 amide bonds. The van der Waals surface area contributed by atoms with Gasteiger partial charge in [-0.2, -0.15) is 0 Å². The zero-order valence-electron chi connectivity index (χ0n) is 15.8. The lowest BCUT2D eigenvalue weighted by Gasteiger charge is -2.06. The van der Waals surface area contributed by atoms with Crippen LogP contribution >= 0.6 is 11.3 Å². The van der Waals surface area contributed by atoms with Crippen LogP contribution in [0.4, 0.5) is 9.93 Å². The fourth-order valence-corrected chi connectivity index (χ4v) is 3.35. The number of rotatable bonds is 8. The predicted molar refractivity (Wildman–Crippen MR) is 111 cm³/mol. The van der Waals surface area contributed by atoms with Crippen LogP contribution in [0.2, 0.25) is 0 Å². The van der Waals surface area contributed by atoms with Crippen molar-refractivity contribution in [2.75, 3.05) is 25.5 Å². The number of pyridine rings is 1. The minimum absolute atomic E-state index is 0.109. The molecule has 0 spiro atoms. The lowest BCUT2D eigenvalue weighted by atomic mass is 10.3. The van der Waals surface area contributed by atoms with Gasteiger partial charge in [0.15, 0.2) is 5.13 Å². The third-order valence-corrected chi connectivity index (χ3v) is 4.81. The van der Waals surface area contributed by atoms with Gasteiger partial charge in [0.25, 0.3) is 5.91 Å². The fraction of sp³-hybridized carbons (Fsp3) is 0.263. The first-order valence-corrected chi connectivity index (χ1v) is 9.83. The average Bonchev–Trinajstić information content (AvgIpc) is 3.12. The maximum atomic E-state index is 11.9. The molecule has 0 saturated carbocycles. The summed E-state index contributed by atoms with van der Waals surface area (Å²) in [5, 5.41) is 17.2. The highest BCUT2D eigenvalue weighted by molar-refractivity contribution is 7.22. The molecule has 0 aliphatic carbocycles. The number of fused-ring (bicyclic) bond motifs is 1. The molecule has 0 bridgehead atoms. The third kappa shape index (κ3) is 5.62. The molecular formula is C19H21N5O4S. The van der Waals surface area contributed by atoms with Crippen LogP contribution < -0.4 is 20.7 Å². The van der Waals surface area contributed by atoms with Gasteiger partial charge in [-0.05, 0) is 31.0 Å². The summed E-state index contributed by atoms with van der Waals surface area (Å²) in [6.07, 6.45) is 2.86. The van der Waals surface area contributed by atoms with Gasteiger partial charge in [0.2, 0.25) is 0 Å². The molecule has 0 unspecified atom stereocenters. The number of aliphatic hydroxyl groups excluding tert-OH is 1. The molecule has 152 valence electrons. The Morgan fingerprint density at radius 3 is 2.79 bits per heavy atom. The lowest BCUT2D eigenvalue weighted by molar-refractivity contribution is 0.0958. The molecule has 9 nitrogen and oxygen atoms in total. The van der Waals surface area contributed by atoms with Crippen LogP contribution in [0.1, 0.15) is 23.3 Å². The molecule has 3 aromatic rings. The van der Waals surface area contributed by atoms with Crippen LogP contribution in [0.15, 0.2) is 36.5 Å². The highest BCUT2D eigenvalue weighted by Gasteiger charge is 2.10. The number of carbonyl (C=O) groups is 2. The molecule has 2 aromatic heterocycles. The van der Waals surface area contributed by atoms with Gasteiger partial charge in [0.1, 0.15) is 17.2 Å². The van der Waals surface area contributed by atoms with E-state index in [4.69, 9.17) is 9.84 Å². The van der Waals surface area contributed by atoms with Crippen LogP contribution in [0.25, 0.3) is 10.2 Å². The largest absolute Gasteiger partial charge is 0.457 e. The highest BCUT2D eigenvalue weighted by atomic mass is 32.1. The fourth-order valence-electron chi connectivity index (χ4n) is 2.46. The minimum Gasteiger partial charge on any atom is -0.457 e. The van der Waals surface area contributed by atoms with E-state index in [0.29, 0.717) is 36.0 Å². The van der Waals surface area contributed by atoms with Crippen molar-refractivity contribution in [3.8, 4) is 11.5 Å². The number of unbranched alkanes of at least 4 members (excludes halogenated alkanes) is 1. The Kier molecular flexibility index (Phi) is 6.93. The van der Waals surface area contributed by atoms with Crippen molar-refractivity contribution in [2.45, 2.75) is 12.8 Å². The Balaban J connectivity index is 1.66. The molecule has 1 aromatic carbocycles. The number of benzene rings is 1. The van der Waals surface area contributed by atoms with E-state index in [1.165, 1.54) is 24.6 Å². The van der Waals surface area contributed by atoms with Crippen molar-refractivity contribution >= 4 is 38.6 Å². The molecule has 0 aliphatic rings. The molecular weight excluding hydrogens is 394 g/mol. The van der Waals surface area contributed by atoms with E-state index >= 15 is 0 Å². The van der Waals surface area contributed by atoms with Gasteiger partial charge in [-0.25, -0.2) is 9.78 Å². The summed E-state index contributed by atoms with van der Waals surface area (Å²) in [4.78, 5) is 32.0. The molecule has 29 heavy (non-hydrogen) atoms. The van der Waals surface area contributed by atoms with E-state index in [0.717, 1.165) is 10.2 Å². The van der Waals surface area contributed by atoms with Crippen LogP contribution in [-0.4, -0.2) is 47.2 Å². The number of hydrogen-bond acceptors (Lipinski definition) is 7. The minimum atomic E-state index is -0.336. The summed E-state index contributed by atoms with van der Waals surface area (Å²) in [6, 6.07) is 8.27. The summed E-state index contributed by atoms with van der Waals surface area (Å²) >= 11 is 1.33. The van der Waals surface area contributed by atoms with Crippen molar-refractivity contribution in [1.29, 1.82) is 0 Å². The number of carbonyl (C=O) groups excluding carboxylic acids is 2. The van der Waals surface area contributed by atoms with E-state index in [1.54, 1.807) is 24.3 Å². The number of aromatic nitrogens is 2. The van der Waals surface area contributed by atoms with Crippen LogP contribution in [0.5, 0.6) is 11.5 Å². The summed E-state index contributed by atoms with van der Waals surface area (Å²) in [6.45, 7) is 0.595. The van der Waals surface area contributed by atoms with Gasteiger partial charge in [0, 0.05) is 38.5 Å². The maximum absolute atomic E-state index is 11.9. The van der Waals surface area contributed by atoms with Gasteiger partial charge in [-0.3, -0.25) is 15.1 Å². The summed E-state index contributed by atoms with van der Waals surface area (Å²) in [7, 11) is 1.54. The highest BCUT2D eigenvalue weighted by Crippen LogP contribution is 2.31. The molecule has 0 aliphatic heterocycles. The van der Waals surface area contributed by atoms with Gasteiger partial charge >= 0.3 is 6.03 Å². The van der Waals surface area contributed by atoms with Gasteiger partial charge < -0.3 is 20.5 Å². The lowest BCUT2D eigenvalue weighted by Crippen LogP contribution is -2.29. The van der Waals surface area contributed by atoms with Crippen LogP contribution in [0.3, 0.4) is 0 Å². The first kappa shape index (κ1) is 20.5.